The van der Waals surface area contributed by atoms with Crippen molar-refractivity contribution in [1.82, 2.24) is 5.32 Å². The van der Waals surface area contributed by atoms with E-state index in [2.05, 4.69) is 26.1 Å². The van der Waals surface area contributed by atoms with Crippen LogP contribution in [0.5, 0.6) is 0 Å². The summed E-state index contributed by atoms with van der Waals surface area (Å²) in [5, 5.41) is 3.73. The number of rotatable bonds is 12. The summed E-state index contributed by atoms with van der Waals surface area (Å²) in [6.45, 7) is 8.09. The van der Waals surface area contributed by atoms with Crippen LogP contribution in [0.2, 0.25) is 0 Å². The van der Waals surface area contributed by atoms with Crippen LogP contribution in [-0.4, -0.2) is 12.6 Å². The average Bonchev–Trinajstić information content (AvgIpc) is 2.30. The highest BCUT2D eigenvalue weighted by Gasteiger charge is 2.05. The predicted octanol–water partition coefficient (Wildman–Crippen LogP) is 4.91. The number of nitrogens with one attached hydrogen (secondary N) is 1. The maximum atomic E-state index is 3.73. The predicted molar refractivity (Wildman–Crippen MR) is 75.0 cm³/mol. The molecule has 98 valence electrons. The van der Waals surface area contributed by atoms with E-state index < -0.39 is 0 Å². The van der Waals surface area contributed by atoms with Crippen molar-refractivity contribution in [2.75, 3.05) is 6.54 Å². The van der Waals surface area contributed by atoms with Gasteiger partial charge in [-0.15, -0.1) is 0 Å². The second-order valence-electron chi connectivity index (χ2n) is 5.00. The molecule has 0 aromatic heterocycles. The second kappa shape index (κ2) is 13.0. The molecule has 0 aliphatic heterocycles. The Hall–Kier alpha value is -0.0400. The zero-order chi connectivity index (χ0) is 12.1. The quantitative estimate of drug-likeness (QED) is 0.467. The molecule has 0 aliphatic rings. The molecule has 0 aliphatic carbocycles. The van der Waals surface area contributed by atoms with E-state index in [9.17, 15) is 0 Å². The molecule has 1 N–H and O–H groups in total. The van der Waals surface area contributed by atoms with E-state index in [0.29, 0.717) is 0 Å². The number of unbranched alkanes of at least 4 members (excludes halogenated alkanes) is 5. The molecule has 0 saturated carbocycles. The second-order valence-corrected chi connectivity index (χ2v) is 5.00. The topological polar surface area (TPSA) is 12.0 Å². The Morgan fingerprint density at radius 3 is 2.00 bits per heavy atom. The normalized spacial score (nSPS) is 12.9. The molecule has 0 fully saturated rings. The van der Waals surface area contributed by atoms with E-state index in [1.165, 1.54) is 70.8 Å². The maximum absolute atomic E-state index is 3.73. The van der Waals surface area contributed by atoms with Gasteiger partial charge in [-0.25, -0.2) is 0 Å². The average molecular weight is 227 g/mol. The zero-order valence-corrected chi connectivity index (χ0v) is 11.9. The fourth-order valence-electron chi connectivity index (χ4n) is 2.18. The fraction of sp³-hybridized carbons (Fsp3) is 1.00. The van der Waals surface area contributed by atoms with Crippen LogP contribution in [0.25, 0.3) is 0 Å². The van der Waals surface area contributed by atoms with Gasteiger partial charge in [0, 0.05) is 6.04 Å². The molecule has 0 aromatic carbocycles. The van der Waals surface area contributed by atoms with Crippen LogP contribution in [0, 0.1) is 0 Å². The van der Waals surface area contributed by atoms with Gasteiger partial charge in [0.1, 0.15) is 0 Å². The van der Waals surface area contributed by atoms with E-state index in [4.69, 9.17) is 0 Å². The van der Waals surface area contributed by atoms with Crippen LogP contribution >= 0.6 is 0 Å². The Labute approximate surface area is 103 Å². The van der Waals surface area contributed by atoms with Crippen molar-refractivity contribution in [3.05, 3.63) is 0 Å². The minimum absolute atomic E-state index is 0.788. The lowest BCUT2D eigenvalue weighted by Gasteiger charge is -2.17. The first kappa shape index (κ1) is 16.0. The zero-order valence-electron chi connectivity index (χ0n) is 11.9. The van der Waals surface area contributed by atoms with Gasteiger partial charge in [0.15, 0.2) is 0 Å². The van der Waals surface area contributed by atoms with Crippen molar-refractivity contribution in [3.8, 4) is 0 Å². The molecule has 0 bridgehead atoms. The van der Waals surface area contributed by atoms with Crippen molar-refractivity contribution in [2.45, 2.75) is 91.0 Å². The Bertz CT molecular complexity index is 123. The lowest BCUT2D eigenvalue weighted by atomic mass is 10.0. The number of hydrogen-bond donors (Lipinski definition) is 1. The molecule has 0 spiro atoms. The van der Waals surface area contributed by atoms with Crippen LogP contribution in [0.15, 0.2) is 0 Å². The van der Waals surface area contributed by atoms with E-state index in [1.54, 1.807) is 0 Å². The summed E-state index contributed by atoms with van der Waals surface area (Å²) in [6.07, 6.45) is 13.7. The van der Waals surface area contributed by atoms with Crippen molar-refractivity contribution in [2.24, 2.45) is 0 Å². The summed E-state index contributed by atoms with van der Waals surface area (Å²) in [6, 6.07) is 0.788. The monoisotopic (exact) mass is 227 g/mol. The van der Waals surface area contributed by atoms with Crippen LogP contribution in [0.3, 0.4) is 0 Å². The van der Waals surface area contributed by atoms with Gasteiger partial charge in [0.05, 0.1) is 0 Å². The maximum Gasteiger partial charge on any atom is 0.00669 e. The van der Waals surface area contributed by atoms with Gasteiger partial charge in [-0.1, -0.05) is 65.7 Å². The van der Waals surface area contributed by atoms with Gasteiger partial charge in [0.2, 0.25) is 0 Å². The molecular weight excluding hydrogens is 194 g/mol. The molecule has 1 nitrogen and oxygen atoms in total. The summed E-state index contributed by atoms with van der Waals surface area (Å²) in [4.78, 5) is 0. The van der Waals surface area contributed by atoms with Crippen LogP contribution < -0.4 is 5.32 Å². The molecular formula is C15H33N. The highest BCUT2D eigenvalue weighted by molar-refractivity contribution is 4.66. The smallest absolute Gasteiger partial charge is 0.00669 e. The molecule has 0 saturated heterocycles. The molecule has 0 amide bonds. The van der Waals surface area contributed by atoms with Gasteiger partial charge in [0.25, 0.3) is 0 Å². The molecule has 0 radical (unpaired) electrons. The van der Waals surface area contributed by atoms with E-state index in [0.717, 1.165) is 6.04 Å². The molecule has 0 rings (SSSR count). The Morgan fingerprint density at radius 1 is 0.688 bits per heavy atom. The third-order valence-electron chi connectivity index (χ3n) is 3.26. The Kier molecular flexibility index (Phi) is 13.0. The van der Waals surface area contributed by atoms with Crippen molar-refractivity contribution in [3.63, 3.8) is 0 Å². The first-order valence-corrected chi connectivity index (χ1v) is 7.58. The third-order valence-corrected chi connectivity index (χ3v) is 3.26. The van der Waals surface area contributed by atoms with Crippen molar-refractivity contribution in [1.29, 1.82) is 0 Å². The standard InChI is InChI=1S/C15H33N/c1-4-7-9-10-11-14-16-15(12-6-3)13-8-5-2/h15-16H,4-14H2,1-3H3. The summed E-state index contributed by atoms with van der Waals surface area (Å²) in [5.41, 5.74) is 0. The molecule has 0 heterocycles. The Morgan fingerprint density at radius 2 is 1.38 bits per heavy atom. The van der Waals surface area contributed by atoms with Gasteiger partial charge in [-0.2, -0.15) is 0 Å². The highest BCUT2D eigenvalue weighted by Crippen LogP contribution is 2.07. The lowest BCUT2D eigenvalue weighted by molar-refractivity contribution is 0.426. The summed E-state index contributed by atoms with van der Waals surface area (Å²) < 4.78 is 0. The van der Waals surface area contributed by atoms with E-state index in [-0.39, 0.29) is 0 Å². The summed E-state index contributed by atoms with van der Waals surface area (Å²) in [7, 11) is 0. The minimum atomic E-state index is 0.788. The Balaban J connectivity index is 3.36. The third kappa shape index (κ3) is 10.5. The molecule has 1 atom stereocenters. The molecule has 1 unspecified atom stereocenters. The summed E-state index contributed by atoms with van der Waals surface area (Å²) >= 11 is 0. The molecule has 1 heteroatoms. The van der Waals surface area contributed by atoms with Gasteiger partial charge < -0.3 is 5.32 Å². The fourth-order valence-corrected chi connectivity index (χ4v) is 2.18. The minimum Gasteiger partial charge on any atom is -0.314 e. The first-order chi connectivity index (χ1) is 7.85. The van der Waals surface area contributed by atoms with Gasteiger partial charge in [-0.05, 0) is 25.8 Å². The summed E-state index contributed by atoms with van der Waals surface area (Å²) in [5.74, 6) is 0. The largest absolute Gasteiger partial charge is 0.314 e. The van der Waals surface area contributed by atoms with Gasteiger partial charge >= 0.3 is 0 Å². The highest BCUT2D eigenvalue weighted by atomic mass is 14.9. The first-order valence-electron chi connectivity index (χ1n) is 7.58. The van der Waals surface area contributed by atoms with Crippen LogP contribution in [0.4, 0.5) is 0 Å². The van der Waals surface area contributed by atoms with E-state index in [1.807, 2.05) is 0 Å². The van der Waals surface area contributed by atoms with Gasteiger partial charge in [-0.3, -0.25) is 0 Å². The van der Waals surface area contributed by atoms with Crippen molar-refractivity contribution < 1.29 is 0 Å². The van der Waals surface area contributed by atoms with Crippen LogP contribution in [-0.2, 0) is 0 Å². The van der Waals surface area contributed by atoms with E-state index >= 15 is 0 Å². The SMILES string of the molecule is CCCCCCCNC(CCC)CCCC. The molecule has 0 aromatic rings. The lowest BCUT2D eigenvalue weighted by Crippen LogP contribution is -2.29. The van der Waals surface area contributed by atoms with Crippen molar-refractivity contribution >= 4 is 0 Å². The number of hydrogen-bond acceptors (Lipinski definition) is 1. The van der Waals surface area contributed by atoms with Crippen LogP contribution in [0.1, 0.15) is 85.0 Å². The molecule has 16 heavy (non-hydrogen) atoms.